The average molecular weight is 471 g/mol. The molecule has 1 heterocycles. The van der Waals surface area contributed by atoms with E-state index >= 15 is 0 Å². The maximum absolute atomic E-state index is 13.4. The van der Waals surface area contributed by atoms with Crippen molar-refractivity contribution in [1.82, 2.24) is 9.80 Å². The third kappa shape index (κ3) is 5.05. The number of benzene rings is 2. The quantitative estimate of drug-likeness (QED) is 0.556. The minimum atomic E-state index is -0.244. The van der Waals surface area contributed by atoms with E-state index in [-0.39, 0.29) is 24.4 Å². The van der Waals surface area contributed by atoms with E-state index in [1.165, 1.54) is 7.11 Å². The maximum Gasteiger partial charge on any atom is 0.258 e. The minimum Gasteiger partial charge on any atom is -0.497 e. The summed E-state index contributed by atoms with van der Waals surface area (Å²) in [5.41, 5.74) is 2.57. The molecule has 2 aromatic carbocycles. The van der Waals surface area contributed by atoms with Gasteiger partial charge in [-0.25, -0.2) is 0 Å². The molecule has 0 N–H and O–H groups in total. The molecule has 8 heteroatoms. The first-order valence-corrected chi connectivity index (χ1v) is 11.4. The van der Waals surface area contributed by atoms with Crippen LogP contribution in [-0.4, -0.2) is 69.7 Å². The molecule has 1 aliphatic rings. The van der Waals surface area contributed by atoms with Crippen molar-refractivity contribution in [3.05, 3.63) is 47.0 Å². The Bertz CT molecular complexity index is 1040. The second-order valence-electron chi connectivity index (χ2n) is 8.21. The molecule has 184 valence electrons. The van der Waals surface area contributed by atoms with Crippen LogP contribution >= 0.6 is 0 Å². The molecule has 34 heavy (non-hydrogen) atoms. The van der Waals surface area contributed by atoms with Gasteiger partial charge in [0.1, 0.15) is 18.0 Å². The highest BCUT2D eigenvalue weighted by molar-refractivity contribution is 5.99. The number of amides is 2. The molecular formula is C26H34N2O6. The Hall–Kier alpha value is -3.42. The standard InChI is InChI=1S/C26H34N2O6/c1-7-11-27(26(30)20-9-8-19(31-3)14-22(20)32-4)16-25(29)28-12-10-18-13-23(33-5)24(34-6)15-21(18)17(28)2/h8-9,13-15,17H,7,10-12,16H2,1-6H3. The van der Waals surface area contributed by atoms with Crippen LogP contribution in [0, 0.1) is 0 Å². The highest BCUT2D eigenvalue weighted by Gasteiger charge is 2.31. The molecular weight excluding hydrogens is 436 g/mol. The van der Waals surface area contributed by atoms with Gasteiger partial charge in [-0.15, -0.1) is 0 Å². The zero-order valence-electron chi connectivity index (χ0n) is 20.8. The Balaban J connectivity index is 1.82. The Morgan fingerprint density at radius 1 is 0.971 bits per heavy atom. The van der Waals surface area contributed by atoms with E-state index in [1.54, 1.807) is 44.4 Å². The van der Waals surface area contributed by atoms with Crippen molar-refractivity contribution >= 4 is 11.8 Å². The lowest BCUT2D eigenvalue weighted by Crippen LogP contribution is -2.46. The molecule has 0 aromatic heterocycles. The molecule has 0 bridgehead atoms. The van der Waals surface area contributed by atoms with Crippen molar-refractivity contribution < 1.29 is 28.5 Å². The molecule has 1 atom stereocenters. The molecule has 1 aliphatic heterocycles. The summed E-state index contributed by atoms with van der Waals surface area (Å²) in [7, 11) is 6.28. The Morgan fingerprint density at radius 2 is 1.65 bits per heavy atom. The van der Waals surface area contributed by atoms with Crippen LogP contribution in [0.25, 0.3) is 0 Å². The van der Waals surface area contributed by atoms with Gasteiger partial charge in [-0.05, 0) is 55.2 Å². The molecule has 0 saturated heterocycles. The van der Waals surface area contributed by atoms with Crippen LogP contribution in [-0.2, 0) is 11.2 Å². The summed E-state index contributed by atoms with van der Waals surface area (Å²) in [6, 6.07) is 8.83. The van der Waals surface area contributed by atoms with Crippen LogP contribution in [0.1, 0.15) is 47.8 Å². The SMILES string of the molecule is CCCN(CC(=O)N1CCc2cc(OC)c(OC)cc2C1C)C(=O)c1ccc(OC)cc1OC. The summed E-state index contributed by atoms with van der Waals surface area (Å²) in [6.45, 7) is 5.01. The lowest BCUT2D eigenvalue weighted by Gasteiger charge is -2.37. The van der Waals surface area contributed by atoms with Crippen molar-refractivity contribution in [3.63, 3.8) is 0 Å². The Kier molecular flexibility index (Phi) is 8.26. The van der Waals surface area contributed by atoms with Gasteiger partial charge >= 0.3 is 0 Å². The zero-order valence-corrected chi connectivity index (χ0v) is 20.8. The fraction of sp³-hybridized carbons (Fsp3) is 0.462. The van der Waals surface area contributed by atoms with Crippen LogP contribution in [0.5, 0.6) is 23.0 Å². The highest BCUT2D eigenvalue weighted by atomic mass is 16.5. The van der Waals surface area contributed by atoms with Gasteiger partial charge < -0.3 is 28.7 Å². The molecule has 8 nitrogen and oxygen atoms in total. The molecule has 3 rings (SSSR count). The molecule has 0 saturated carbocycles. The summed E-state index contributed by atoms with van der Waals surface area (Å²) in [5, 5.41) is 0. The fourth-order valence-corrected chi connectivity index (χ4v) is 4.41. The molecule has 2 amide bonds. The first-order valence-electron chi connectivity index (χ1n) is 11.4. The summed E-state index contributed by atoms with van der Waals surface area (Å²) >= 11 is 0. The third-order valence-electron chi connectivity index (χ3n) is 6.25. The smallest absolute Gasteiger partial charge is 0.258 e. The molecule has 2 aromatic rings. The average Bonchev–Trinajstić information content (AvgIpc) is 2.86. The monoisotopic (exact) mass is 470 g/mol. The van der Waals surface area contributed by atoms with Crippen molar-refractivity contribution in [3.8, 4) is 23.0 Å². The molecule has 1 unspecified atom stereocenters. The van der Waals surface area contributed by atoms with Crippen LogP contribution in [0.3, 0.4) is 0 Å². The number of fused-ring (bicyclic) bond motifs is 1. The number of hydrogen-bond donors (Lipinski definition) is 0. The largest absolute Gasteiger partial charge is 0.497 e. The number of methoxy groups -OCH3 is 4. The predicted octanol–water partition coefficient (Wildman–Crippen LogP) is 3.72. The van der Waals surface area contributed by atoms with E-state index in [9.17, 15) is 9.59 Å². The summed E-state index contributed by atoms with van der Waals surface area (Å²) in [6.07, 6.45) is 1.44. The molecule has 0 fully saturated rings. The van der Waals surface area contributed by atoms with E-state index in [0.717, 1.165) is 17.5 Å². The van der Waals surface area contributed by atoms with Gasteiger partial charge in [0.25, 0.3) is 5.91 Å². The molecule has 0 aliphatic carbocycles. The summed E-state index contributed by atoms with van der Waals surface area (Å²) < 4.78 is 21.5. The first kappa shape index (κ1) is 25.2. The normalized spacial score (nSPS) is 14.8. The van der Waals surface area contributed by atoms with Gasteiger partial charge in [-0.2, -0.15) is 0 Å². The lowest BCUT2D eigenvalue weighted by molar-refractivity contribution is -0.134. The second-order valence-corrected chi connectivity index (χ2v) is 8.21. The van der Waals surface area contributed by atoms with E-state index in [4.69, 9.17) is 18.9 Å². The lowest BCUT2D eigenvalue weighted by atomic mass is 9.92. The maximum atomic E-state index is 13.4. The second kappa shape index (κ2) is 11.1. The van der Waals surface area contributed by atoms with Crippen molar-refractivity contribution in [1.29, 1.82) is 0 Å². The van der Waals surface area contributed by atoms with Gasteiger partial charge in [0.15, 0.2) is 11.5 Å². The number of nitrogens with zero attached hydrogens (tertiary/aromatic N) is 2. The third-order valence-corrected chi connectivity index (χ3v) is 6.25. The van der Waals surface area contributed by atoms with Gasteiger partial charge in [0.05, 0.1) is 40.0 Å². The van der Waals surface area contributed by atoms with Crippen LogP contribution in [0.2, 0.25) is 0 Å². The highest BCUT2D eigenvalue weighted by Crippen LogP contribution is 2.38. The van der Waals surface area contributed by atoms with Crippen molar-refractivity contribution in [2.24, 2.45) is 0 Å². The molecule has 0 spiro atoms. The van der Waals surface area contributed by atoms with Crippen LogP contribution in [0.4, 0.5) is 0 Å². The van der Waals surface area contributed by atoms with Gasteiger partial charge in [0, 0.05) is 19.2 Å². The fourth-order valence-electron chi connectivity index (χ4n) is 4.41. The van der Waals surface area contributed by atoms with E-state index in [0.29, 0.717) is 48.1 Å². The summed E-state index contributed by atoms with van der Waals surface area (Å²) in [5.74, 6) is 1.99. The van der Waals surface area contributed by atoms with Gasteiger partial charge in [-0.3, -0.25) is 9.59 Å². The number of carbonyl (C=O) groups excluding carboxylic acids is 2. The number of hydrogen-bond acceptors (Lipinski definition) is 6. The van der Waals surface area contributed by atoms with Crippen LogP contribution < -0.4 is 18.9 Å². The van der Waals surface area contributed by atoms with Crippen molar-refractivity contribution in [2.45, 2.75) is 32.7 Å². The Morgan fingerprint density at radius 3 is 2.26 bits per heavy atom. The van der Waals surface area contributed by atoms with Gasteiger partial charge in [0.2, 0.25) is 5.91 Å². The Labute approximate surface area is 201 Å². The van der Waals surface area contributed by atoms with E-state index in [2.05, 4.69) is 0 Å². The predicted molar refractivity (Wildman–Crippen MR) is 129 cm³/mol. The van der Waals surface area contributed by atoms with Gasteiger partial charge in [-0.1, -0.05) is 6.92 Å². The first-order chi connectivity index (χ1) is 16.4. The molecule has 0 radical (unpaired) electrons. The number of carbonyl (C=O) groups is 2. The number of ether oxygens (including phenoxy) is 4. The van der Waals surface area contributed by atoms with E-state index < -0.39 is 0 Å². The minimum absolute atomic E-state index is 0.00514. The topological polar surface area (TPSA) is 77.5 Å². The van der Waals surface area contributed by atoms with Crippen molar-refractivity contribution in [2.75, 3.05) is 48.1 Å². The van der Waals surface area contributed by atoms with Crippen LogP contribution in [0.15, 0.2) is 30.3 Å². The zero-order chi connectivity index (χ0) is 24.8. The summed E-state index contributed by atoms with van der Waals surface area (Å²) in [4.78, 5) is 30.2. The van der Waals surface area contributed by atoms with E-state index in [1.807, 2.05) is 30.9 Å². The number of rotatable bonds is 9.